The fourth-order valence-corrected chi connectivity index (χ4v) is 2.96. The van der Waals surface area contributed by atoms with Gasteiger partial charge in [0.05, 0.1) is 4.99 Å². The lowest BCUT2D eigenvalue weighted by Gasteiger charge is -2.34. The third kappa shape index (κ3) is 3.24. The zero-order chi connectivity index (χ0) is 13.9. The molecule has 1 aliphatic rings. The second-order valence-corrected chi connectivity index (χ2v) is 6.21. The van der Waals surface area contributed by atoms with E-state index in [9.17, 15) is 4.79 Å². The zero-order valence-electron chi connectivity index (χ0n) is 10.3. The Morgan fingerprint density at radius 3 is 2.68 bits per heavy atom. The predicted molar refractivity (Wildman–Crippen MR) is 87.1 cm³/mol. The summed E-state index contributed by atoms with van der Waals surface area (Å²) in [6.45, 7) is 1.02. The van der Waals surface area contributed by atoms with Gasteiger partial charge in [-0.15, -0.1) is 0 Å². The number of ether oxygens (including phenoxy) is 1. The Bertz CT molecular complexity index is 501. The zero-order valence-corrected chi connectivity index (χ0v) is 13.3. The minimum Gasteiger partial charge on any atom is -0.392 e. The van der Waals surface area contributed by atoms with Crippen LogP contribution in [0.3, 0.4) is 0 Å². The van der Waals surface area contributed by atoms with Crippen LogP contribution in [0.2, 0.25) is 0 Å². The Morgan fingerprint density at radius 2 is 2.11 bits per heavy atom. The van der Waals surface area contributed by atoms with Gasteiger partial charge >= 0.3 is 0 Å². The van der Waals surface area contributed by atoms with Crippen molar-refractivity contribution in [3.63, 3.8) is 0 Å². The Hall–Kier alpha value is -0.730. The highest BCUT2D eigenvalue weighted by Gasteiger charge is 2.43. The highest BCUT2D eigenvalue weighted by molar-refractivity contribution is 14.1. The van der Waals surface area contributed by atoms with Gasteiger partial charge in [0.25, 0.3) is 0 Å². The number of nitrogens with one attached hydrogen (secondary N) is 1. The quantitative estimate of drug-likeness (QED) is 0.614. The molecule has 0 atom stereocenters. The number of thiocarbonyl (C=S) groups is 1. The van der Waals surface area contributed by atoms with E-state index in [1.54, 1.807) is 0 Å². The molecule has 0 aromatic heterocycles. The van der Waals surface area contributed by atoms with Gasteiger partial charge in [0, 0.05) is 22.5 Å². The minimum atomic E-state index is -0.783. The monoisotopic (exact) mass is 390 g/mol. The van der Waals surface area contributed by atoms with Gasteiger partial charge in [-0.25, -0.2) is 0 Å². The molecule has 1 amide bonds. The third-order valence-electron chi connectivity index (χ3n) is 3.34. The van der Waals surface area contributed by atoms with E-state index in [1.165, 1.54) is 0 Å². The molecule has 2 rings (SSSR count). The van der Waals surface area contributed by atoms with Crippen molar-refractivity contribution in [2.45, 2.75) is 12.8 Å². The maximum Gasteiger partial charge on any atom is 0.237 e. The molecule has 1 aromatic carbocycles. The SMILES string of the molecule is NC(=S)C1(C(=O)Nc2cccc(I)c2)CCOCC1. The molecule has 0 unspecified atom stereocenters. The van der Waals surface area contributed by atoms with Crippen molar-refractivity contribution in [3.05, 3.63) is 27.8 Å². The van der Waals surface area contributed by atoms with Gasteiger partial charge in [0.2, 0.25) is 5.91 Å². The van der Waals surface area contributed by atoms with Crippen LogP contribution in [-0.2, 0) is 9.53 Å². The molecule has 3 N–H and O–H groups in total. The van der Waals surface area contributed by atoms with Crippen LogP contribution in [0.25, 0.3) is 0 Å². The minimum absolute atomic E-state index is 0.134. The number of carbonyl (C=O) groups is 1. The molecule has 0 aliphatic carbocycles. The van der Waals surface area contributed by atoms with Gasteiger partial charge in [0.1, 0.15) is 5.41 Å². The molecule has 0 radical (unpaired) electrons. The number of rotatable bonds is 3. The highest BCUT2D eigenvalue weighted by Crippen LogP contribution is 2.32. The molecule has 1 saturated heterocycles. The Balaban J connectivity index is 2.19. The first-order chi connectivity index (χ1) is 9.04. The van der Waals surface area contributed by atoms with E-state index in [0.29, 0.717) is 26.1 Å². The van der Waals surface area contributed by atoms with Crippen molar-refractivity contribution in [1.82, 2.24) is 0 Å². The highest BCUT2D eigenvalue weighted by atomic mass is 127. The van der Waals surface area contributed by atoms with Crippen molar-refractivity contribution in [2.24, 2.45) is 11.1 Å². The van der Waals surface area contributed by atoms with Crippen molar-refractivity contribution >= 4 is 51.4 Å². The molecule has 6 heteroatoms. The van der Waals surface area contributed by atoms with E-state index in [-0.39, 0.29) is 10.9 Å². The summed E-state index contributed by atoms with van der Waals surface area (Å²) in [7, 11) is 0. The number of hydrogen-bond donors (Lipinski definition) is 2. The summed E-state index contributed by atoms with van der Waals surface area (Å²) in [5, 5.41) is 2.91. The number of anilines is 1. The van der Waals surface area contributed by atoms with E-state index >= 15 is 0 Å². The number of hydrogen-bond acceptors (Lipinski definition) is 3. The molecule has 0 saturated carbocycles. The van der Waals surface area contributed by atoms with Crippen LogP contribution in [0.4, 0.5) is 5.69 Å². The number of benzene rings is 1. The van der Waals surface area contributed by atoms with E-state index in [2.05, 4.69) is 27.9 Å². The largest absolute Gasteiger partial charge is 0.392 e. The number of nitrogens with two attached hydrogens (primary N) is 1. The fourth-order valence-electron chi connectivity index (χ4n) is 2.12. The van der Waals surface area contributed by atoms with Crippen LogP contribution in [0.5, 0.6) is 0 Å². The van der Waals surface area contributed by atoms with Crippen LogP contribution in [0.15, 0.2) is 24.3 Å². The lowest BCUT2D eigenvalue weighted by molar-refractivity contribution is -0.126. The summed E-state index contributed by atoms with van der Waals surface area (Å²) in [5.41, 5.74) is 5.78. The van der Waals surface area contributed by atoms with Crippen molar-refractivity contribution < 1.29 is 9.53 Å². The molecule has 1 aromatic rings. The maximum atomic E-state index is 12.5. The first-order valence-corrected chi connectivity index (χ1v) is 7.48. The predicted octanol–water partition coefficient (Wildman–Crippen LogP) is 2.31. The van der Waals surface area contributed by atoms with Crippen molar-refractivity contribution in [3.8, 4) is 0 Å². The third-order valence-corrected chi connectivity index (χ3v) is 4.40. The molecular formula is C13H15IN2O2S. The number of carbonyl (C=O) groups excluding carboxylic acids is 1. The summed E-state index contributed by atoms with van der Waals surface area (Å²) < 4.78 is 6.36. The normalized spacial score (nSPS) is 17.7. The first-order valence-electron chi connectivity index (χ1n) is 5.99. The average Bonchev–Trinajstić information content (AvgIpc) is 2.39. The molecule has 102 valence electrons. The molecular weight excluding hydrogens is 375 g/mol. The van der Waals surface area contributed by atoms with Crippen LogP contribution < -0.4 is 11.1 Å². The lowest BCUT2D eigenvalue weighted by Crippen LogP contribution is -2.49. The Kier molecular flexibility index (Phi) is 4.75. The van der Waals surface area contributed by atoms with Gasteiger partial charge in [-0.1, -0.05) is 18.3 Å². The van der Waals surface area contributed by atoms with Gasteiger partial charge in [-0.3, -0.25) is 4.79 Å². The molecule has 19 heavy (non-hydrogen) atoms. The Morgan fingerprint density at radius 1 is 1.42 bits per heavy atom. The summed E-state index contributed by atoms with van der Waals surface area (Å²) in [5.74, 6) is -0.134. The van der Waals surface area contributed by atoms with Crippen LogP contribution in [0.1, 0.15) is 12.8 Å². The maximum absolute atomic E-state index is 12.5. The van der Waals surface area contributed by atoms with Crippen LogP contribution in [0, 0.1) is 8.99 Å². The summed E-state index contributed by atoms with van der Waals surface area (Å²) >= 11 is 7.31. The van der Waals surface area contributed by atoms with Gasteiger partial charge < -0.3 is 15.8 Å². The lowest BCUT2D eigenvalue weighted by atomic mass is 9.79. The second-order valence-electron chi connectivity index (χ2n) is 4.52. The summed E-state index contributed by atoms with van der Waals surface area (Å²) in [6.07, 6.45) is 1.08. The smallest absolute Gasteiger partial charge is 0.237 e. The molecule has 0 spiro atoms. The van der Waals surface area contributed by atoms with E-state index in [1.807, 2.05) is 24.3 Å². The van der Waals surface area contributed by atoms with Crippen LogP contribution >= 0.6 is 34.8 Å². The molecule has 1 fully saturated rings. The van der Waals surface area contributed by atoms with Gasteiger partial charge in [-0.2, -0.15) is 0 Å². The van der Waals surface area contributed by atoms with E-state index in [0.717, 1.165) is 9.26 Å². The molecule has 1 heterocycles. The van der Waals surface area contributed by atoms with Gasteiger partial charge in [-0.05, 0) is 53.6 Å². The van der Waals surface area contributed by atoms with Crippen molar-refractivity contribution in [1.29, 1.82) is 0 Å². The number of halogens is 1. The van der Waals surface area contributed by atoms with E-state index in [4.69, 9.17) is 22.7 Å². The van der Waals surface area contributed by atoms with Crippen LogP contribution in [-0.4, -0.2) is 24.1 Å². The van der Waals surface area contributed by atoms with Gasteiger partial charge in [0.15, 0.2) is 0 Å². The Labute approximate surface area is 131 Å². The average molecular weight is 390 g/mol. The topological polar surface area (TPSA) is 64.4 Å². The first kappa shape index (κ1) is 14.7. The molecule has 1 aliphatic heterocycles. The second kappa shape index (κ2) is 6.15. The van der Waals surface area contributed by atoms with E-state index < -0.39 is 5.41 Å². The summed E-state index contributed by atoms with van der Waals surface area (Å²) in [4.78, 5) is 12.8. The summed E-state index contributed by atoms with van der Waals surface area (Å²) in [6, 6.07) is 7.63. The fraction of sp³-hybridized carbons (Fsp3) is 0.385. The molecule has 4 nitrogen and oxygen atoms in total. The molecule has 0 bridgehead atoms. The van der Waals surface area contributed by atoms with Crippen molar-refractivity contribution in [2.75, 3.05) is 18.5 Å². The standard InChI is InChI=1S/C13H15IN2O2S/c14-9-2-1-3-10(8-9)16-12(17)13(11(15)19)4-6-18-7-5-13/h1-3,8H,4-7H2,(H2,15,19)(H,16,17). The number of amides is 1.